The highest BCUT2D eigenvalue weighted by Crippen LogP contribution is 2.31. The van der Waals surface area contributed by atoms with E-state index in [9.17, 15) is 14.7 Å². The van der Waals surface area contributed by atoms with Crippen LogP contribution in [0.1, 0.15) is 0 Å². The lowest BCUT2D eigenvalue weighted by Crippen LogP contribution is -2.27. The Balaban J connectivity index is 1.82. The number of benzene rings is 2. The van der Waals surface area contributed by atoms with Crippen LogP contribution in [0.2, 0.25) is 51.4 Å². The summed E-state index contributed by atoms with van der Waals surface area (Å²) >= 11 is 3.56. The van der Waals surface area contributed by atoms with E-state index in [1.54, 1.807) is 22.8 Å². The monoisotopic (exact) mass is 676 g/mol. The molecule has 0 radical (unpaired) electrons. The van der Waals surface area contributed by atoms with Crippen molar-refractivity contribution in [1.29, 1.82) is 0 Å². The standard InChI is InChI=1S/C29H41BrN4O6Si2/c1-41(2,3)14-12-38-18-33-23-16-20(30)17-24(40-19-39-13-15-42(4,5)6)27(23)31-26(29(33)37)21-8-7-9-22-25(21)32-34(10-11-35)28(22)36/h7-9,16-17,32,35H,10-15,18-19H2,1-6H3. The number of aromatic nitrogens is 4. The number of aliphatic hydroxyl groups excluding tert-OH is 1. The Hall–Kier alpha value is -2.56. The first-order valence-corrected chi connectivity index (χ1v) is 22.3. The van der Waals surface area contributed by atoms with Gasteiger partial charge in [-0.05, 0) is 30.3 Å². The van der Waals surface area contributed by atoms with Gasteiger partial charge in [-0.3, -0.25) is 19.3 Å². The molecule has 228 valence electrons. The summed E-state index contributed by atoms with van der Waals surface area (Å²) in [5.74, 6) is 0.461. The van der Waals surface area contributed by atoms with Crippen LogP contribution in [0, 0.1) is 0 Å². The number of aromatic amines is 1. The van der Waals surface area contributed by atoms with E-state index in [4.69, 9.17) is 19.2 Å². The summed E-state index contributed by atoms with van der Waals surface area (Å²) in [6.07, 6.45) is 0. The van der Waals surface area contributed by atoms with Gasteiger partial charge in [0.1, 0.15) is 17.9 Å². The van der Waals surface area contributed by atoms with Crippen molar-refractivity contribution in [3.05, 3.63) is 55.5 Å². The lowest BCUT2D eigenvalue weighted by Gasteiger charge is -2.18. The highest BCUT2D eigenvalue weighted by molar-refractivity contribution is 9.10. The number of nitrogens with zero attached hydrogens (tertiary/aromatic N) is 3. The van der Waals surface area contributed by atoms with Crippen molar-refractivity contribution >= 4 is 54.0 Å². The summed E-state index contributed by atoms with van der Waals surface area (Å²) in [5, 5.41) is 12.9. The quantitative estimate of drug-likeness (QED) is 0.103. The van der Waals surface area contributed by atoms with Gasteiger partial charge < -0.3 is 19.3 Å². The van der Waals surface area contributed by atoms with Crippen LogP contribution in [0.4, 0.5) is 0 Å². The van der Waals surface area contributed by atoms with Gasteiger partial charge in [-0.1, -0.05) is 67.3 Å². The molecule has 0 aliphatic rings. The second-order valence-electron chi connectivity index (χ2n) is 12.8. The first-order chi connectivity index (χ1) is 19.8. The van der Waals surface area contributed by atoms with Crippen LogP contribution < -0.4 is 15.9 Å². The summed E-state index contributed by atoms with van der Waals surface area (Å²) in [6, 6.07) is 10.8. The number of para-hydroxylation sites is 1. The number of H-pyrrole nitrogens is 1. The van der Waals surface area contributed by atoms with E-state index in [-0.39, 0.29) is 43.5 Å². The van der Waals surface area contributed by atoms with Gasteiger partial charge in [-0.25, -0.2) is 9.67 Å². The van der Waals surface area contributed by atoms with E-state index in [0.29, 0.717) is 46.5 Å². The fraction of sp³-hybridized carbons (Fsp3) is 0.483. The molecule has 0 fully saturated rings. The second kappa shape index (κ2) is 13.4. The van der Waals surface area contributed by atoms with Gasteiger partial charge >= 0.3 is 0 Å². The van der Waals surface area contributed by atoms with Gasteiger partial charge in [0.25, 0.3) is 11.1 Å². The number of nitrogens with one attached hydrogen (secondary N) is 1. The van der Waals surface area contributed by atoms with Gasteiger partial charge in [0.2, 0.25) is 0 Å². The third-order valence-corrected chi connectivity index (χ3v) is 10.7. The Labute approximate surface area is 255 Å². The van der Waals surface area contributed by atoms with Crippen LogP contribution in [0.25, 0.3) is 33.2 Å². The second-order valence-corrected chi connectivity index (χ2v) is 25.0. The molecule has 2 N–H and O–H groups in total. The van der Waals surface area contributed by atoms with E-state index >= 15 is 0 Å². The average molecular weight is 678 g/mol. The minimum atomic E-state index is -1.34. The van der Waals surface area contributed by atoms with Crippen LogP contribution in [0.3, 0.4) is 0 Å². The molecule has 0 saturated carbocycles. The van der Waals surface area contributed by atoms with Crippen LogP contribution >= 0.6 is 15.9 Å². The molecule has 0 saturated heterocycles. The predicted molar refractivity (Wildman–Crippen MR) is 176 cm³/mol. The molecule has 2 heterocycles. The fourth-order valence-electron chi connectivity index (χ4n) is 4.40. The number of ether oxygens (including phenoxy) is 3. The van der Waals surface area contributed by atoms with Crippen molar-refractivity contribution in [2.75, 3.05) is 26.6 Å². The maximum absolute atomic E-state index is 14.1. The molecule has 42 heavy (non-hydrogen) atoms. The Kier molecular flexibility index (Phi) is 10.3. The number of aliphatic hydroxyl groups is 1. The maximum Gasteiger partial charge on any atom is 0.279 e. The average Bonchev–Trinajstić information content (AvgIpc) is 3.21. The Morgan fingerprint density at radius 1 is 0.976 bits per heavy atom. The van der Waals surface area contributed by atoms with Crippen molar-refractivity contribution in [2.45, 2.75) is 64.6 Å². The number of rotatable bonds is 14. The first-order valence-electron chi connectivity index (χ1n) is 14.1. The fourth-order valence-corrected chi connectivity index (χ4v) is 6.34. The summed E-state index contributed by atoms with van der Waals surface area (Å²) in [6.45, 7) is 14.8. The SMILES string of the molecule is C[Si](C)(C)CCOCOc1cc(Br)cc2c1nc(-c1cccc3c(=O)n(CCO)[nH]c13)c(=O)n2COCC[Si](C)(C)C. The molecule has 2 aromatic carbocycles. The van der Waals surface area contributed by atoms with E-state index in [2.05, 4.69) is 60.3 Å². The minimum Gasteiger partial charge on any atom is -0.465 e. The molecule has 0 atom stereocenters. The van der Waals surface area contributed by atoms with Crippen molar-refractivity contribution in [1.82, 2.24) is 19.3 Å². The molecule has 0 aliphatic heterocycles. The highest BCUT2D eigenvalue weighted by atomic mass is 79.9. The van der Waals surface area contributed by atoms with Gasteiger partial charge in [0.05, 0.1) is 29.6 Å². The lowest BCUT2D eigenvalue weighted by molar-refractivity contribution is 0.0228. The first kappa shape index (κ1) is 32.4. The van der Waals surface area contributed by atoms with Crippen LogP contribution in [-0.4, -0.2) is 67.2 Å². The van der Waals surface area contributed by atoms with Crippen LogP contribution in [-0.2, 0) is 22.7 Å². The van der Waals surface area contributed by atoms with Gasteiger partial charge in [0, 0.05) is 39.4 Å². The van der Waals surface area contributed by atoms with Crippen molar-refractivity contribution in [3.8, 4) is 17.0 Å². The van der Waals surface area contributed by atoms with Crippen LogP contribution in [0.15, 0.2) is 44.4 Å². The minimum absolute atomic E-state index is 0.0377. The zero-order valence-electron chi connectivity index (χ0n) is 25.3. The van der Waals surface area contributed by atoms with Crippen molar-refractivity contribution in [3.63, 3.8) is 0 Å². The lowest BCUT2D eigenvalue weighted by atomic mass is 10.1. The summed E-state index contributed by atoms with van der Waals surface area (Å²) < 4.78 is 21.5. The summed E-state index contributed by atoms with van der Waals surface area (Å²) in [4.78, 5) is 31.8. The summed E-state index contributed by atoms with van der Waals surface area (Å²) in [7, 11) is -2.58. The highest BCUT2D eigenvalue weighted by Gasteiger charge is 2.21. The molecule has 0 spiro atoms. The molecule has 0 bridgehead atoms. The third kappa shape index (κ3) is 7.88. The predicted octanol–water partition coefficient (Wildman–Crippen LogP) is 5.46. The molecule has 0 unspecified atom stereocenters. The Morgan fingerprint density at radius 2 is 1.67 bits per heavy atom. The Morgan fingerprint density at radius 3 is 2.33 bits per heavy atom. The molecule has 10 nitrogen and oxygen atoms in total. The van der Waals surface area contributed by atoms with E-state index < -0.39 is 16.1 Å². The van der Waals surface area contributed by atoms with Crippen LogP contribution in [0.5, 0.6) is 5.75 Å². The zero-order valence-corrected chi connectivity index (χ0v) is 28.8. The number of halogens is 1. The smallest absolute Gasteiger partial charge is 0.279 e. The number of hydrogen-bond donors (Lipinski definition) is 2. The molecule has 2 aromatic heterocycles. The molecule has 4 rings (SSSR count). The van der Waals surface area contributed by atoms with E-state index in [1.165, 1.54) is 4.68 Å². The van der Waals surface area contributed by atoms with Gasteiger partial charge in [0.15, 0.2) is 12.5 Å². The largest absolute Gasteiger partial charge is 0.465 e. The molecule has 0 aliphatic carbocycles. The number of hydrogen-bond acceptors (Lipinski definition) is 7. The van der Waals surface area contributed by atoms with E-state index in [0.717, 1.165) is 16.6 Å². The van der Waals surface area contributed by atoms with Gasteiger partial charge in [-0.15, -0.1) is 0 Å². The third-order valence-electron chi connectivity index (χ3n) is 6.86. The molecular weight excluding hydrogens is 636 g/mol. The number of fused-ring (bicyclic) bond motifs is 2. The van der Waals surface area contributed by atoms with Gasteiger partial charge in [-0.2, -0.15) is 0 Å². The normalized spacial score (nSPS) is 12.5. The molecule has 4 aromatic rings. The maximum atomic E-state index is 14.1. The van der Waals surface area contributed by atoms with Crippen molar-refractivity contribution in [2.24, 2.45) is 0 Å². The molecular formula is C29H41BrN4O6Si2. The molecule has 0 amide bonds. The Bertz CT molecular complexity index is 1670. The van der Waals surface area contributed by atoms with Crippen molar-refractivity contribution < 1.29 is 19.3 Å². The van der Waals surface area contributed by atoms with E-state index in [1.807, 2.05) is 12.1 Å². The molecule has 13 heteroatoms. The summed E-state index contributed by atoms with van der Waals surface area (Å²) in [5.41, 5.74) is 1.51. The topological polar surface area (TPSA) is 121 Å². The zero-order chi connectivity index (χ0) is 30.7.